The molecule has 17 heavy (non-hydrogen) atoms. The molecule has 2 heteroatoms. The van der Waals surface area contributed by atoms with Crippen LogP contribution < -0.4 is 5.32 Å². The summed E-state index contributed by atoms with van der Waals surface area (Å²) in [5.41, 5.74) is 0.552. The topological polar surface area (TPSA) is 21.3 Å². The average Bonchev–Trinajstić information content (AvgIpc) is 2.33. The highest BCUT2D eigenvalue weighted by molar-refractivity contribution is 5.08. The molecule has 2 nitrogen and oxygen atoms in total. The van der Waals surface area contributed by atoms with Crippen LogP contribution in [0.2, 0.25) is 0 Å². The first-order valence-electron chi connectivity index (χ1n) is 7.12. The summed E-state index contributed by atoms with van der Waals surface area (Å²) in [7, 11) is 2.07. The van der Waals surface area contributed by atoms with E-state index >= 15 is 0 Å². The molecule has 98 valence electrons. The molecule has 0 spiro atoms. The van der Waals surface area contributed by atoms with Crippen LogP contribution in [0.25, 0.3) is 0 Å². The fraction of sp³-hybridized carbons (Fsp3) is 0.867. The summed E-state index contributed by atoms with van der Waals surface area (Å²) in [6.07, 6.45) is 10.0. The third-order valence-electron chi connectivity index (χ3n) is 4.44. The maximum atomic E-state index is 5.83. The molecule has 0 bridgehead atoms. The van der Waals surface area contributed by atoms with Crippen LogP contribution in [0.15, 0.2) is 11.8 Å². The molecule has 2 rings (SSSR count). The van der Waals surface area contributed by atoms with Crippen LogP contribution >= 0.6 is 0 Å². The second-order valence-corrected chi connectivity index (χ2v) is 6.37. The first-order chi connectivity index (χ1) is 8.12. The maximum absolute atomic E-state index is 5.83. The van der Waals surface area contributed by atoms with E-state index in [2.05, 4.69) is 32.3 Å². The lowest BCUT2D eigenvalue weighted by molar-refractivity contribution is 0.118. The largest absolute Gasteiger partial charge is 0.497 e. The van der Waals surface area contributed by atoms with Crippen LogP contribution in [0.3, 0.4) is 0 Å². The number of hydrogen-bond acceptors (Lipinski definition) is 2. The zero-order valence-corrected chi connectivity index (χ0v) is 11.6. The van der Waals surface area contributed by atoms with Gasteiger partial charge in [-0.3, -0.25) is 0 Å². The summed E-state index contributed by atoms with van der Waals surface area (Å²) in [5.74, 6) is 1.97. The van der Waals surface area contributed by atoms with Gasteiger partial charge in [0, 0.05) is 0 Å². The Bertz CT molecular complexity index is 273. The van der Waals surface area contributed by atoms with E-state index in [0.29, 0.717) is 11.5 Å². The summed E-state index contributed by atoms with van der Waals surface area (Å²) < 4.78 is 5.83. The van der Waals surface area contributed by atoms with Crippen LogP contribution in [-0.4, -0.2) is 19.7 Å². The molecule has 1 fully saturated rings. The zero-order chi connectivity index (χ0) is 12.3. The fourth-order valence-electron chi connectivity index (χ4n) is 3.16. The van der Waals surface area contributed by atoms with E-state index in [9.17, 15) is 0 Å². The number of likely N-dealkylation sites (N-methyl/N-ethyl adjacent to an activating group) is 1. The molecule has 1 aliphatic heterocycles. The van der Waals surface area contributed by atoms with Crippen molar-refractivity contribution in [3.05, 3.63) is 11.8 Å². The van der Waals surface area contributed by atoms with Gasteiger partial charge < -0.3 is 10.1 Å². The molecule has 0 saturated heterocycles. The van der Waals surface area contributed by atoms with Crippen molar-refractivity contribution in [1.82, 2.24) is 5.32 Å². The summed E-state index contributed by atoms with van der Waals surface area (Å²) >= 11 is 0. The Morgan fingerprint density at radius 2 is 2.06 bits per heavy atom. The minimum Gasteiger partial charge on any atom is -0.497 e. The Morgan fingerprint density at radius 3 is 2.59 bits per heavy atom. The molecule has 1 atom stereocenters. The van der Waals surface area contributed by atoms with Crippen LogP contribution in [0, 0.1) is 11.3 Å². The summed E-state index contributed by atoms with van der Waals surface area (Å²) in [5, 5.41) is 3.48. The van der Waals surface area contributed by atoms with Crippen LogP contribution in [0.4, 0.5) is 0 Å². The fourth-order valence-corrected chi connectivity index (χ4v) is 3.16. The Hall–Kier alpha value is -0.500. The number of ether oxygens (including phenoxy) is 1. The normalized spacial score (nSPS) is 27.1. The highest BCUT2D eigenvalue weighted by Crippen LogP contribution is 2.40. The van der Waals surface area contributed by atoms with E-state index in [-0.39, 0.29) is 0 Å². The van der Waals surface area contributed by atoms with E-state index in [1.807, 2.05) is 0 Å². The molecule has 2 aliphatic rings. The molecule has 0 aromatic heterocycles. The van der Waals surface area contributed by atoms with Gasteiger partial charge in [0.25, 0.3) is 0 Å². The second kappa shape index (κ2) is 5.43. The van der Waals surface area contributed by atoms with Crippen molar-refractivity contribution in [2.75, 3.05) is 13.7 Å². The first kappa shape index (κ1) is 12.9. The van der Waals surface area contributed by atoms with Gasteiger partial charge in [0.15, 0.2) is 0 Å². The predicted molar refractivity (Wildman–Crippen MR) is 71.9 cm³/mol. The summed E-state index contributed by atoms with van der Waals surface area (Å²) in [6, 6.07) is 0.450. The van der Waals surface area contributed by atoms with Crippen LogP contribution in [0.5, 0.6) is 0 Å². The number of allylic oxidation sites excluding steroid dienone is 1. The average molecular weight is 237 g/mol. The summed E-state index contributed by atoms with van der Waals surface area (Å²) in [6.45, 7) is 5.70. The molecule has 0 aromatic rings. The molecule has 1 unspecified atom stereocenters. The van der Waals surface area contributed by atoms with Crippen molar-refractivity contribution >= 4 is 0 Å². The summed E-state index contributed by atoms with van der Waals surface area (Å²) in [4.78, 5) is 0. The van der Waals surface area contributed by atoms with Crippen molar-refractivity contribution in [1.29, 1.82) is 0 Å². The van der Waals surface area contributed by atoms with Crippen LogP contribution in [-0.2, 0) is 4.74 Å². The first-order valence-corrected chi connectivity index (χ1v) is 7.12. The van der Waals surface area contributed by atoms with Crippen LogP contribution in [0.1, 0.15) is 52.4 Å². The minimum absolute atomic E-state index is 0.450. The third kappa shape index (κ3) is 3.25. The standard InChI is InChI=1S/C15H27NO/c1-15(2)9-7-12(8-10-15)14(16-3)13-6-4-5-11-17-13/h6,12,14,16H,4-5,7-11H2,1-3H3. The van der Waals surface area contributed by atoms with E-state index < -0.39 is 0 Å². The van der Waals surface area contributed by atoms with Gasteiger partial charge in [-0.2, -0.15) is 0 Å². The zero-order valence-electron chi connectivity index (χ0n) is 11.6. The van der Waals surface area contributed by atoms with Crippen molar-refractivity contribution in [2.24, 2.45) is 11.3 Å². The van der Waals surface area contributed by atoms with E-state index in [1.54, 1.807) is 0 Å². The second-order valence-electron chi connectivity index (χ2n) is 6.37. The number of nitrogens with one attached hydrogen (secondary N) is 1. The van der Waals surface area contributed by atoms with Gasteiger partial charge in [-0.15, -0.1) is 0 Å². The molecule has 1 N–H and O–H groups in total. The molecule has 0 radical (unpaired) electrons. The Morgan fingerprint density at radius 1 is 1.35 bits per heavy atom. The molecule has 1 heterocycles. The smallest absolute Gasteiger partial charge is 0.109 e. The molecule has 0 aromatic carbocycles. The molecule has 0 amide bonds. The quantitative estimate of drug-likeness (QED) is 0.811. The lowest BCUT2D eigenvalue weighted by atomic mass is 9.71. The molecule has 1 aliphatic carbocycles. The van der Waals surface area contributed by atoms with Gasteiger partial charge in [-0.25, -0.2) is 0 Å². The lowest BCUT2D eigenvalue weighted by Gasteiger charge is -2.39. The monoisotopic (exact) mass is 237 g/mol. The Kier molecular flexibility index (Phi) is 4.13. The SMILES string of the molecule is CNC(C1=CCCCO1)C1CCC(C)(C)CC1. The number of hydrogen-bond donors (Lipinski definition) is 1. The highest BCUT2D eigenvalue weighted by Gasteiger charge is 2.33. The van der Waals surface area contributed by atoms with Gasteiger partial charge in [-0.05, 0) is 63.0 Å². The van der Waals surface area contributed by atoms with Gasteiger partial charge in [-0.1, -0.05) is 13.8 Å². The Balaban J connectivity index is 1.97. The molecule has 1 saturated carbocycles. The molecular formula is C15H27NO. The third-order valence-corrected chi connectivity index (χ3v) is 4.44. The van der Waals surface area contributed by atoms with Gasteiger partial charge in [0.1, 0.15) is 5.76 Å². The van der Waals surface area contributed by atoms with Crippen molar-refractivity contribution in [3.8, 4) is 0 Å². The number of rotatable bonds is 3. The Labute approximate surface area is 106 Å². The maximum Gasteiger partial charge on any atom is 0.109 e. The van der Waals surface area contributed by atoms with E-state index in [0.717, 1.165) is 12.5 Å². The predicted octanol–water partition coefficient (Wildman–Crippen LogP) is 3.49. The molecular weight excluding hydrogens is 210 g/mol. The van der Waals surface area contributed by atoms with E-state index in [4.69, 9.17) is 4.74 Å². The minimum atomic E-state index is 0.450. The lowest BCUT2D eigenvalue weighted by Crippen LogP contribution is -2.40. The van der Waals surface area contributed by atoms with Crippen molar-refractivity contribution < 1.29 is 4.74 Å². The van der Waals surface area contributed by atoms with Crippen molar-refractivity contribution in [2.45, 2.75) is 58.4 Å². The van der Waals surface area contributed by atoms with E-state index in [1.165, 1.54) is 44.3 Å². The van der Waals surface area contributed by atoms with Gasteiger partial charge in [0.05, 0.1) is 12.6 Å². The van der Waals surface area contributed by atoms with Gasteiger partial charge >= 0.3 is 0 Å². The van der Waals surface area contributed by atoms with Gasteiger partial charge in [0.2, 0.25) is 0 Å². The van der Waals surface area contributed by atoms with Crippen molar-refractivity contribution in [3.63, 3.8) is 0 Å². The highest BCUT2D eigenvalue weighted by atomic mass is 16.5.